The first-order valence-electron chi connectivity index (χ1n) is 8.24. The van der Waals surface area contributed by atoms with Crippen LogP contribution in [0.15, 0.2) is 18.0 Å². The minimum Gasteiger partial charge on any atom is -0.480 e. The van der Waals surface area contributed by atoms with E-state index in [1.807, 2.05) is 0 Å². The van der Waals surface area contributed by atoms with Gasteiger partial charge in [0.15, 0.2) is 0 Å². The van der Waals surface area contributed by atoms with Crippen molar-refractivity contribution in [3.63, 3.8) is 0 Å². The van der Waals surface area contributed by atoms with Gasteiger partial charge in [-0.25, -0.2) is 9.48 Å². The molecule has 9 heteroatoms. The molecule has 2 heterocycles. The zero-order chi connectivity index (χ0) is 18.7. The molecule has 1 aliphatic rings. The van der Waals surface area contributed by atoms with E-state index in [0.29, 0.717) is 5.92 Å². The summed E-state index contributed by atoms with van der Waals surface area (Å²) in [6, 6.07) is -0.515. The van der Waals surface area contributed by atoms with Crippen molar-refractivity contribution in [3.8, 4) is 0 Å². The molecule has 4 N–H and O–H groups in total. The number of carboxylic acids is 1. The smallest absolute Gasteiger partial charge is 0.370 e. The minimum atomic E-state index is -1.44. The third-order valence-electron chi connectivity index (χ3n) is 4.25. The molecule has 0 saturated carbocycles. The lowest BCUT2D eigenvalue weighted by Crippen LogP contribution is -2.48. The molecule has 0 spiro atoms. The minimum absolute atomic E-state index is 0.335. The summed E-state index contributed by atoms with van der Waals surface area (Å²) in [5.74, 6) is -1.63. The number of hydrogen-bond acceptors (Lipinski definition) is 7. The van der Waals surface area contributed by atoms with Gasteiger partial charge >= 0.3 is 5.97 Å². The maximum Gasteiger partial charge on any atom is 0.370 e. The van der Waals surface area contributed by atoms with Crippen LogP contribution >= 0.6 is 0 Å². The Bertz CT molecular complexity index is 629. The molecule has 0 saturated heterocycles. The molecular formula is C16H25N3O6. The third kappa shape index (κ3) is 4.36. The van der Waals surface area contributed by atoms with E-state index in [1.165, 1.54) is 6.08 Å². The van der Waals surface area contributed by atoms with Gasteiger partial charge in [0, 0.05) is 12.1 Å². The van der Waals surface area contributed by atoms with Crippen LogP contribution in [0.1, 0.15) is 32.5 Å². The number of aromatic nitrogens is 3. The van der Waals surface area contributed by atoms with Crippen LogP contribution in [0.25, 0.3) is 0 Å². The third-order valence-corrected chi connectivity index (χ3v) is 4.25. The number of rotatable bonds is 7. The van der Waals surface area contributed by atoms with Gasteiger partial charge in [0.25, 0.3) is 0 Å². The van der Waals surface area contributed by atoms with E-state index in [4.69, 9.17) is 9.84 Å². The van der Waals surface area contributed by atoms with Gasteiger partial charge < -0.3 is 25.2 Å². The van der Waals surface area contributed by atoms with Gasteiger partial charge in [-0.1, -0.05) is 26.0 Å². The Balaban J connectivity index is 2.32. The largest absolute Gasteiger partial charge is 0.480 e. The number of ether oxygens (including phenoxy) is 1. The lowest BCUT2D eigenvalue weighted by Gasteiger charge is -2.37. The SMILES string of the molecule is CC(C)Cc1cn([C@H]2C=C(C(=O)O)O[C@@H]([C@H](O)[C@H](O)CO)[C@@H]2C)nn1. The average molecular weight is 355 g/mol. The fourth-order valence-corrected chi connectivity index (χ4v) is 2.91. The topological polar surface area (TPSA) is 138 Å². The Labute approximate surface area is 145 Å². The van der Waals surface area contributed by atoms with Crippen LogP contribution in [-0.4, -0.2) is 66.3 Å². The van der Waals surface area contributed by atoms with Crippen molar-refractivity contribution in [1.29, 1.82) is 0 Å². The van der Waals surface area contributed by atoms with E-state index in [2.05, 4.69) is 24.2 Å². The molecule has 5 atom stereocenters. The van der Waals surface area contributed by atoms with Crippen molar-refractivity contribution in [2.45, 2.75) is 51.5 Å². The van der Waals surface area contributed by atoms with Crippen molar-refractivity contribution < 1.29 is 30.0 Å². The molecule has 25 heavy (non-hydrogen) atoms. The Morgan fingerprint density at radius 2 is 2.08 bits per heavy atom. The highest BCUT2D eigenvalue weighted by Gasteiger charge is 2.41. The highest BCUT2D eigenvalue weighted by molar-refractivity contribution is 5.84. The zero-order valence-electron chi connectivity index (χ0n) is 14.5. The molecule has 1 aromatic rings. The molecule has 1 aromatic heterocycles. The molecule has 2 rings (SSSR count). The molecule has 0 amide bonds. The first kappa shape index (κ1) is 19.4. The molecule has 0 aromatic carbocycles. The Morgan fingerprint density at radius 1 is 1.40 bits per heavy atom. The van der Waals surface area contributed by atoms with Gasteiger partial charge in [-0.05, 0) is 18.4 Å². The second-order valence-electron chi connectivity index (χ2n) is 6.80. The first-order chi connectivity index (χ1) is 11.7. The second kappa shape index (κ2) is 7.94. The van der Waals surface area contributed by atoms with Gasteiger partial charge in [0.2, 0.25) is 5.76 Å². The summed E-state index contributed by atoms with van der Waals surface area (Å²) >= 11 is 0. The molecule has 140 valence electrons. The lowest BCUT2D eigenvalue weighted by molar-refractivity contribution is -0.148. The van der Waals surface area contributed by atoms with E-state index in [1.54, 1.807) is 17.8 Å². The molecule has 0 aliphatic carbocycles. The van der Waals surface area contributed by atoms with Crippen molar-refractivity contribution in [2.24, 2.45) is 11.8 Å². The van der Waals surface area contributed by atoms with Crippen molar-refractivity contribution in [2.75, 3.05) is 6.61 Å². The lowest BCUT2D eigenvalue weighted by atomic mass is 9.87. The van der Waals surface area contributed by atoms with E-state index in [0.717, 1.165) is 12.1 Å². The Hall–Kier alpha value is -1.97. The average Bonchev–Trinajstić information content (AvgIpc) is 3.00. The molecule has 9 nitrogen and oxygen atoms in total. The Morgan fingerprint density at radius 3 is 2.64 bits per heavy atom. The number of hydrogen-bond donors (Lipinski definition) is 4. The highest BCUT2D eigenvalue weighted by Crippen LogP contribution is 2.34. The van der Waals surface area contributed by atoms with Gasteiger partial charge in [-0.15, -0.1) is 5.10 Å². The summed E-state index contributed by atoms with van der Waals surface area (Å²) in [4.78, 5) is 11.4. The van der Waals surface area contributed by atoms with Gasteiger partial charge in [0.1, 0.15) is 18.3 Å². The summed E-state index contributed by atoms with van der Waals surface area (Å²) in [5, 5.41) is 46.4. The number of carboxylic acid groups (broad SMARTS) is 1. The number of aliphatic hydroxyl groups excluding tert-OH is 3. The first-order valence-corrected chi connectivity index (χ1v) is 8.24. The normalized spacial score (nSPS) is 26.0. The quantitative estimate of drug-likeness (QED) is 0.525. The van der Waals surface area contributed by atoms with Crippen LogP contribution in [0.4, 0.5) is 0 Å². The van der Waals surface area contributed by atoms with Crippen LogP contribution in [0.2, 0.25) is 0 Å². The molecule has 0 radical (unpaired) electrons. The summed E-state index contributed by atoms with van der Waals surface area (Å²) in [7, 11) is 0. The molecule has 0 fully saturated rings. The summed E-state index contributed by atoms with van der Waals surface area (Å²) in [6.07, 6.45) is 0.00488. The number of aliphatic hydroxyl groups is 3. The van der Waals surface area contributed by atoms with Crippen LogP contribution < -0.4 is 0 Å². The monoisotopic (exact) mass is 355 g/mol. The number of nitrogens with zero attached hydrogens (tertiary/aromatic N) is 3. The molecular weight excluding hydrogens is 330 g/mol. The predicted octanol–water partition coefficient (Wildman–Crippen LogP) is -0.265. The fourth-order valence-electron chi connectivity index (χ4n) is 2.91. The summed E-state index contributed by atoms with van der Waals surface area (Å²) in [5.41, 5.74) is 0.784. The van der Waals surface area contributed by atoms with Gasteiger partial charge in [-0.3, -0.25) is 0 Å². The summed E-state index contributed by atoms with van der Waals surface area (Å²) in [6.45, 7) is 5.20. The number of aliphatic carboxylic acids is 1. The van der Waals surface area contributed by atoms with Crippen molar-refractivity contribution in [1.82, 2.24) is 15.0 Å². The van der Waals surface area contributed by atoms with Crippen molar-refractivity contribution in [3.05, 3.63) is 23.7 Å². The zero-order valence-corrected chi connectivity index (χ0v) is 14.5. The second-order valence-corrected chi connectivity index (χ2v) is 6.80. The van der Waals surface area contributed by atoms with Crippen LogP contribution in [-0.2, 0) is 16.0 Å². The fraction of sp³-hybridized carbons (Fsp3) is 0.688. The van der Waals surface area contributed by atoms with Crippen LogP contribution in [0.3, 0.4) is 0 Å². The van der Waals surface area contributed by atoms with Gasteiger partial charge in [0.05, 0.1) is 18.3 Å². The standard InChI is InChI=1S/C16H25N3O6/c1-8(2)4-10-6-19(18-17-10)11-5-13(16(23)24)25-15(9(11)3)14(22)12(21)7-20/h5-6,8-9,11-12,14-15,20-22H,4,7H2,1-3H3,(H,23,24)/t9-,11+,12-,14-,15-/m1/s1. The maximum atomic E-state index is 11.4. The summed E-state index contributed by atoms with van der Waals surface area (Å²) < 4.78 is 6.89. The van der Waals surface area contributed by atoms with E-state index >= 15 is 0 Å². The van der Waals surface area contributed by atoms with E-state index < -0.39 is 42.8 Å². The maximum absolute atomic E-state index is 11.4. The van der Waals surface area contributed by atoms with E-state index in [-0.39, 0.29) is 5.76 Å². The van der Waals surface area contributed by atoms with Crippen LogP contribution in [0.5, 0.6) is 0 Å². The predicted molar refractivity (Wildman–Crippen MR) is 86.5 cm³/mol. The Kier molecular flexibility index (Phi) is 6.15. The number of allylic oxidation sites excluding steroid dienone is 1. The molecule has 0 unspecified atom stereocenters. The van der Waals surface area contributed by atoms with Gasteiger partial charge in [-0.2, -0.15) is 0 Å². The molecule has 0 bridgehead atoms. The highest BCUT2D eigenvalue weighted by atomic mass is 16.5. The number of carbonyl (C=O) groups is 1. The van der Waals surface area contributed by atoms with Crippen LogP contribution in [0, 0.1) is 11.8 Å². The van der Waals surface area contributed by atoms with E-state index in [9.17, 15) is 20.1 Å². The van der Waals surface area contributed by atoms with Crippen molar-refractivity contribution >= 4 is 5.97 Å². The molecule has 1 aliphatic heterocycles.